The standard InChI is InChI=1S/C8H18.C4H6O/c1-3-5-7-8-6-4-2;5-4-2-1-3-4/h3-8H2,1-2H3;1-3H2. The summed E-state index contributed by atoms with van der Waals surface area (Å²) < 4.78 is 0. The summed E-state index contributed by atoms with van der Waals surface area (Å²) in [6.07, 6.45) is 11.3. The van der Waals surface area contributed by atoms with E-state index in [1.807, 2.05) is 0 Å². The normalized spacial score (nSPS) is 14.5. The fraction of sp³-hybridized carbons (Fsp3) is 0.917. The predicted octanol–water partition coefficient (Wildman–Crippen LogP) is 4.11. The Morgan fingerprint density at radius 1 is 0.923 bits per heavy atom. The summed E-state index contributed by atoms with van der Waals surface area (Å²) in [5.41, 5.74) is 0. The van der Waals surface area contributed by atoms with E-state index in [9.17, 15) is 4.79 Å². The maximum Gasteiger partial charge on any atom is 0.132 e. The Morgan fingerprint density at radius 2 is 1.31 bits per heavy atom. The third-order valence-electron chi connectivity index (χ3n) is 2.37. The molecule has 0 aromatic heterocycles. The van der Waals surface area contributed by atoms with E-state index < -0.39 is 0 Å². The van der Waals surface area contributed by atoms with Gasteiger partial charge in [0, 0.05) is 12.8 Å². The van der Waals surface area contributed by atoms with E-state index in [0.717, 1.165) is 19.3 Å². The van der Waals surface area contributed by atoms with Crippen LogP contribution in [0.2, 0.25) is 0 Å². The molecule has 1 aliphatic rings. The lowest BCUT2D eigenvalue weighted by molar-refractivity contribution is -0.123. The van der Waals surface area contributed by atoms with Gasteiger partial charge in [0.25, 0.3) is 0 Å². The van der Waals surface area contributed by atoms with Crippen LogP contribution in [0.4, 0.5) is 0 Å². The first-order chi connectivity index (χ1) is 6.31. The molecule has 0 atom stereocenters. The van der Waals surface area contributed by atoms with Crippen LogP contribution in [0.3, 0.4) is 0 Å². The summed E-state index contributed by atoms with van der Waals surface area (Å²) in [5.74, 6) is 0.435. The van der Waals surface area contributed by atoms with Crippen molar-refractivity contribution in [1.82, 2.24) is 0 Å². The number of carbonyl (C=O) groups excluding carboxylic acids is 1. The number of unbranched alkanes of at least 4 members (excludes halogenated alkanes) is 5. The molecule has 0 spiro atoms. The second-order valence-corrected chi connectivity index (χ2v) is 3.81. The Kier molecular flexibility index (Phi) is 9.51. The van der Waals surface area contributed by atoms with Crippen molar-refractivity contribution in [2.45, 2.75) is 71.6 Å². The fourth-order valence-corrected chi connectivity index (χ4v) is 1.17. The highest BCUT2D eigenvalue weighted by Gasteiger charge is 2.09. The summed E-state index contributed by atoms with van der Waals surface area (Å²) in [4.78, 5) is 9.90. The van der Waals surface area contributed by atoms with Gasteiger partial charge in [0.15, 0.2) is 0 Å². The fourth-order valence-electron chi connectivity index (χ4n) is 1.17. The largest absolute Gasteiger partial charge is 0.300 e. The topological polar surface area (TPSA) is 17.1 Å². The maximum atomic E-state index is 9.90. The van der Waals surface area contributed by atoms with Gasteiger partial charge < -0.3 is 0 Å². The van der Waals surface area contributed by atoms with Gasteiger partial charge in [0.05, 0.1) is 0 Å². The lowest BCUT2D eigenvalue weighted by Crippen LogP contribution is -2.07. The van der Waals surface area contributed by atoms with Gasteiger partial charge in [-0.25, -0.2) is 0 Å². The van der Waals surface area contributed by atoms with Crippen molar-refractivity contribution in [3.63, 3.8) is 0 Å². The first kappa shape index (κ1) is 12.7. The molecule has 0 radical (unpaired) electrons. The van der Waals surface area contributed by atoms with Crippen molar-refractivity contribution in [1.29, 1.82) is 0 Å². The minimum absolute atomic E-state index is 0.435. The molecule has 0 unspecified atom stereocenters. The van der Waals surface area contributed by atoms with Gasteiger partial charge in [0.1, 0.15) is 5.78 Å². The number of ketones is 1. The van der Waals surface area contributed by atoms with E-state index in [0.29, 0.717) is 5.78 Å². The molecule has 0 bridgehead atoms. The summed E-state index contributed by atoms with van der Waals surface area (Å²) in [7, 11) is 0. The molecule has 1 nitrogen and oxygen atoms in total. The molecule has 0 saturated heterocycles. The van der Waals surface area contributed by atoms with Gasteiger partial charge in [-0.1, -0.05) is 52.4 Å². The van der Waals surface area contributed by atoms with E-state index in [2.05, 4.69) is 13.8 Å². The van der Waals surface area contributed by atoms with Gasteiger partial charge in [-0.15, -0.1) is 0 Å². The van der Waals surface area contributed by atoms with Crippen LogP contribution >= 0.6 is 0 Å². The Balaban J connectivity index is 0.000000243. The van der Waals surface area contributed by atoms with Crippen molar-refractivity contribution in [3.05, 3.63) is 0 Å². The van der Waals surface area contributed by atoms with Crippen LogP contribution in [-0.4, -0.2) is 5.78 Å². The van der Waals surface area contributed by atoms with Crippen LogP contribution in [0.5, 0.6) is 0 Å². The molecular formula is C12H24O. The van der Waals surface area contributed by atoms with Crippen molar-refractivity contribution in [2.75, 3.05) is 0 Å². The average molecular weight is 184 g/mol. The average Bonchev–Trinajstić information content (AvgIpc) is 2.10. The molecule has 0 heterocycles. The van der Waals surface area contributed by atoms with E-state index in [1.165, 1.54) is 38.5 Å². The molecule has 0 aromatic carbocycles. The Labute approximate surface area is 82.9 Å². The summed E-state index contributed by atoms with van der Waals surface area (Å²) in [6.45, 7) is 4.51. The van der Waals surface area contributed by atoms with Crippen LogP contribution in [0.1, 0.15) is 71.6 Å². The zero-order chi connectivity index (χ0) is 9.94. The molecule has 78 valence electrons. The van der Waals surface area contributed by atoms with E-state index in [-0.39, 0.29) is 0 Å². The zero-order valence-electron chi connectivity index (χ0n) is 9.27. The molecule has 0 amide bonds. The SMILES string of the molecule is CCCCCCCC.O=C1CCC1. The van der Waals surface area contributed by atoms with Gasteiger partial charge in [-0.2, -0.15) is 0 Å². The number of hydrogen-bond donors (Lipinski definition) is 0. The summed E-state index contributed by atoms with van der Waals surface area (Å²) in [6, 6.07) is 0. The van der Waals surface area contributed by atoms with Crippen molar-refractivity contribution in [2.24, 2.45) is 0 Å². The molecule has 13 heavy (non-hydrogen) atoms. The molecular weight excluding hydrogens is 160 g/mol. The van der Waals surface area contributed by atoms with Crippen molar-refractivity contribution >= 4 is 5.78 Å². The second kappa shape index (κ2) is 9.76. The molecule has 1 heteroatoms. The molecule has 0 aliphatic heterocycles. The molecule has 1 saturated carbocycles. The van der Waals surface area contributed by atoms with Gasteiger partial charge in [-0.3, -0.25) is 4.79 Å². The van der Waals surface area contributed by atoms with Crippen LogP contribution in [0.15, 0.2) is 0 Å². The molecule has 1 fully saturated rings. The van der Waals surface area contributed by atoms with Crippen LogP contribution < -0.4 is 0 Å². The highest BCUT2D eigenvalue weighted by Crippen LogP contribution is 2.10. The summed E-state index contributed by atoms with van der Waals surface area (Å²) >= 11 is 0. The van der Waals surface area contributed by atoms with Crippen molar-refractivity contribution in [3.8, 4) is 0 Å². The third-order valence-corrected chi connectivity index (χ3v) is 2.37. The molecule has 0 N–H and O–H groups in total. The number of carbonyl (C=O) groups is 1. The predicted molar refractivity (Wildman–Crippen MR) is 57.9 cm³/mol. The molecule has 1 aliphatic carbocycles. The van der Waals surface area contributed by atoms with Crippen LogP contribution in [0, 0.1) is 0 Å². The van der Waals surface area contributed by atoms with Crippen molar-refractivity contribution < 1.29 is 4.79 Å². The van der Waals surface area contributed by atoms with Crippen LogP contribution in [0.25, 0.3) is 0 Å². The lowest BCUT2D eigenvalue weighted by atomic mass is 9.99. The highest BCUT2D eigenvalue weighted by atomic mass is 16.1. The van der Waals surface area contributed by atoms with Crippen LogP contribution in [-0.2, 0) is 4.79 Å². The number of rotatable bonds is 5. The maximum absolute atomic E-state index is 9.90. The minimum atomic E-state index is 0.435. The highest BCUT2D eigenvalue weighted by molar-refractivity contribution is 5.83. The van der Waals surface area contributed by atoms with E-state index in [1.54, 1.807) is 0 Å². The number of hydrogen-bond acceptors (Lipinski definition) is 1. The Hall–Kier alpha value is -0.330. The molecule has 0 aromatic rings. The smallest absolute Gasteiger partial charge is 0.132 e. The Morgan fingerprint density at radius 3 is 1.46 bits per heavy atom. The van der Waals surface area contributed by atoms with E-state index >= 15 is 0 Å². The second-order valence-electron chi connectivity index (χ2n) is 3.81. The van der Waals surface area contributed by atoms with Gasteiger partial charge in [0.2, 0.25) is 0 Å². The first-order valence-electron chi connectivity index (χ1n) is 5.83. The van der Waals surface area contributed by atoms with Gasteiger partial charge in [-0.05, 0) is 6.42 Å². The monoisotopic (exact) mass is 184 g/mol. The first-order valence-corrected chi connectivity index (χ1v) is 5.83. The minimum Gasteiger partial charge on any atom is -0.300 e. The van der Waals surface area contributed by atoms with E-state index in [4.69, 9.17) is 0 Å². The molecule has 1 rings (SSSR count). The zero-order valence-corrected chi connectivity index (χ0v) is 9.27. The quantitative estimate of drug-likeness (QED) is 0.588. The third kappa shape index (κ3) is 9.59. The lowest BCUT2D eigenvalue weighted by Gasteiger charge is -2.05. The van der Waals surface area contributed by atoms with Gasteiger partial charge >= 0.3 is 0 Å². The number of Topliss-reactive ketones (excluding diaryl/α,β-unsaturated/α-hetero) is 1. The summed E-state index contributed by atoms with van der Waals surface area (Å²) in [5, 5.41) is 0. The Bertz CT molecular complexity index is 106.